The number of aryl methyl sites for hydroxylation is 1. The number of benzene rings is 2. The van der Waals surface area contributed by atoms with Crippen LogP contribution >= 0.6 is 0 Å². The van der Waals surface area contributed by atoms with Crippen LogP contribution in [0.25, 0.3) is 11.0 Å². The highest BCUT2D eigenvalue weighted by molar-refractivity contribution is 6.11. The first-order valence-corrected chi connectivity index (χ1v) is 11.7. The molecule has 1 fully saturated rings. The molecule has 35 heavy (non-hydrogen) atoms. The molecule has 0 spiro atoms. The van der Waals surface area contributed by atoms with E-state index in [9.17, 15) is 14.4 Å². The molecular weight excluding hydrogens is 446 g/mol. The van der Waals surface area contributed by atoms with Crippen molar-refractivity contribution in [3.8, 4) is 0 Å². The van der Waals surface area contributed by atoms with E-state index in [0.717, 1.165) is 49.6 Å². The van der Waals surface area contributed by atoms with Crippen LogP contribution in [-0.2, 0) is 23.2 Å². The number of carbonyl (C=O) groups excluding carboxylic acids is 3. The average Bonchev–Trinajstić information content (AvgIpc) is 3.08. The number of anilines is 2. The van der Waals surface area contributed by atoms with Gasteiger partial charge in [0.25, 0.3) is 5.91 Å². The Kier molecular flexibility index (Phi) is 6.23. The first-order valence-electron chi connectivity index (χ1n) is 11.7. The highest BCUT2D eigenvalue weighted by Crippen LogP contribution is 2.22. The highest BCUT2D eigenvalue weighted by atomic mass is 16.2. The van der Waals surface area contributed by atoms with Gasteiger partial charge in [-0.1, -0.05) is 12.1 Å². The van der Waals surface area contributed by atoms with Crippen molar-refractivity contribution in [3.63, 3.8) is 0 Å². The van der Waals surface area contributed by atoms with Crippen molar-refractivity contribution in [1.29, 1.82) is 0 Å². The Hall–Kier alpha value is -3.76. The quantitative estimate of drug-likeness (QED) is 0.515. The second-order valence-electron chi connectivity index (χ2n) is 9.18. The Balaban J connectivity index is 1.25. The van der Waals surface area contributed by atoms with Gasteiger partial charge in [0, 0.05) is 38.9 Å². The van der Waals surface area contributed by atoms with Crippen LogP contribution < -0.4 is 16.0 Å². The minimum Gasteiger partial charge on any atom is -0.340 e. The molecule has 0 saturated carbocycles. The number of nitrogens with one attached hydrogen (secondary N) is 3. The maximum Gasteiger partial charge on any atom is 0.254 e. The lowest BCUT2D eigenvalue weighted by atomic mass is 10.1. The Morgan fingerprint density at radius 2 is 1.86 bits per heavy atom. The molecule has 1 aromatic heterocycles. The maximum absolute atomic E-state index is 12.7. The Morgan fingerprint density at radius 3 is 2.66 bits per heavy atom. The molecule has 2 aliphatic rings. The molecule has 0 aliphatic carbocycles. The molecule has 0 bridgehead atoms. The number of para-hydroxylation sites is 1. The van der Waals surface area contributed by atoms with Crippen molar-refractivity contribution in [1.82, 2.24) is 24.7 Å². The topological polar surface area (TPSA) is 112 Å². The van der Waals surface area contributed by atoms with E-state index in [4.69, 9.17) is 4.98 Å². The van der Waals surface area contributed by atoms with E-state index in [2.05, 4.69) is 37.4 Å². The van der Waals surface area contributed by atoms with Crippen LogP contribution in [0.1, 0.15) is 22.6 Å². The normalized spacial score (nSPS) is 19.1. The van der Waals surface area contributed by atoms with Crippen molar-refractivity contribution < 1.29 is 14.4 Å². The molecular formula is C25H29N7O3. The van der Waals surface area contributed by atoms with Gasteiger partial charge in [0.15, 0.2) is 0 Å². The molecule has 3 heterocycles. The number of hydrogen-bond donors (Lipinski definition) is 3. The molecule has 10 heteroatoms. The number of piperazine rings is 1. The summed E-state index contributed by atoms with van der Waals surface area (Å²) in [7, 11) is 4.14. The van der Waals surface area contributed by atoms with Gasteiger partial charge in [-0.2, -0.15) is 0 Å². The van der Waals surface area contributed by atoms with Gasteiger partial charge in [0.05, 0.1) is 35.2 Å². The lowest BCUT2D eigenvalue weighted by Crippen LogP contribution is -2.44. The van der Waals surface area contributed by atoms with E-state index in [1.807, 2.05) is 25.2 Å². The second kappa shape index (κ2) is 9.47. The third kappa shape index (κ3) is 4.89. The largest absolute Gasteiger partial charge is 0.340 e. The molecule has 5 rings (SSSR count). The zero-order chi connectivity index (χ0) is 24.5. The predicted octanol–water partition coefficient (Wildman–Crippen LogP) is 1.40. The van der Waals surface area contributed by atoms with Gasteiger partial charge < -0.3 is 25.4 Å². The minimum atomic E-state index is -0.969. The lowest BCUT2D eigenvalue weighted by molar-refractivity contribution is -0.122. The van der Waals surface area contributed by atoms with Crippen molar-refractivity contribution in [3.05, 3.63) is 53.9 Å². The Bertz CT molecular complexity index is 1290. The number of fused-ring (bicyclic) bond motifs is 2. The summed E-state index contributed by atoms with van der Waals surface area (Å²) in [5, 5.41) is 8.21. The summed E-state index contributed by atoms with van der Waals surface area (Å²) in [6.45, 7) is 4.89. The van der Waals surface area contributed by atoms with Crippen molar-refractivity contribution in [2.24, 2.45) is 7.05 Å². The second-order valence-corrected chi connectivity index (χ2v) is 9.18. The highest BCUT2D eigenvalue weighted by Gasteiger charge is 2.29. The third-order valence-corrected chi connectivity index (χ3v) is 6.66. The number of rotatable bonds is 5. The summed E-state index contributed by atoms with van der Waals surface area (Å²) in [6.07, 6.45) is -0.180. The van der Waals surface area contributed by atoms with Crippen LogP contribution in [0.2, 0.25) is 0 Å². The van der Waals surface area contributed by atoms with Gasteiger partial charge in [-0.25, -0.2) is 4.98 Å². The standard InChI is InChI=1S/C25H29N7O3/c1-30-9-11-32(12-10-30)15-22-27-19-13-16(7-8-21(19)31(22)2)26-23(33)14-20-25(35)28-18-6-4-3-5-17(18)24(34)29-20/h3-8,13,20H,9-12,14-15H2,1-2H3,(H,26,33)(H,28,35)(H,29,34)/t20-/m0/s1. The smallest absolute Gasteiger partial charge is 0.254 e. The van der Waals surface area contributed by atoms with Crippen LogP contribution in [0.4, 0.5) is 11.4 Å². The monoisotopic (exact) mass is 475 g/mol. The molecule has 2 aromatic carbocycles. The number of nitrogens with zero attached hydrogens (tertiary/aromatic N) is 4. The van der Waals surface area contributed by atoms with Gasteiger partial charge >= 0.3 is 0 Å². The summed E-state index contributed by atoms with van der Waals surface area (Å²) in [4.78, 5) is 47.3. The maximum atomic E-state index is 12.7. The van der Waals surface area contributed by atoms with Gasteiger partial charge in [-0.05, 0) is 37.4 Å². The van der Waals surface area contributed by atoms with E-state index < -0.39 is 11.9 Å². The zero-order valence-corrected chi connectivity index (χ0v) is 19.9. The van der Waals surface area contributed by atoms with E-state index in [1.54, 1.807) is 24.3 Å². The van der Waals surface area contributed by atoms with E-state index in [0.29, 0.717) is 16.9 Å². The summed E-state index contributed by atoms with van der Waals surface area (Å²) in [5.74, 6) is -0.207. The number of imidazole rings is 1. The Labute approximate surface area is 203 Å². The number of amides is 3. The van der Waals surface area contributed by atoms with Crippen molar-refractivity contribution >= 4 is 40.1 Å². The average molecular weight is 476 g/mol. The molecule has 10 nitrogen and oxygen atoms in total. The molecule has 2 aliphatic heterocycles. The number of aromatic nitrogens is 2. The van der Waals surface area contributed by atoms with E-state index >= 15 is 0 Å². The first-order chi connectivity index (χ1) is 16.9. The fraction of sp³-hybridized carbons (Fsp3) is 0.360. The first kappa shape index (κ1) is 23.0. The molecule has 3 N–H and O–H groups in total. The van der Waals surface area contributed by atoms with Gasteiger partial charge in [0.1, 0.15) is 11.9 Å². The third-order valence-electron chi connectivity index (χ3n) is 6.66. The molecule has 1 saturated heterocycles. The fourth-order valence-electron chi connectivity index (χ4n) is 4.53. The molecule has 0 unspecified atom stereocenters. The molecule has 1 atom stereocenters. The van der Waals surface area contributed by atoms with Crippen LogP contribution in [0.15, 0.2) is 42.5 Å². The lowest BCUT2D eigenvalue weighted by Gasteiger charge is -2.31. The fourth-order valence-corrected chi connectivity index (χ4v) is 4.53. The summed E-state index contributed by atoms with van der Waals surface area (Å²) >= 11 is 0. The summed E-state index contributed by atoms with van der Waals surface area (Å²) < 4.78 is 2.09. The molecule has 182 valence electrons. The number of likely N-dealkylation sites (N-methyl/N-ethyl adjacent to an activating group) is 1. The van der Waals surface area contributed by atoms with E-state index in [1.165, 1.54) is 0 Å². The zero-order valence-electron chi connectivity index (χ0n) is 19.9. The molecule has 3 aromatic rings. The van der Waals surface area contributed by atoms with Gasteiger partial charge in [0.2, 0.25) is 11.8 Å². The van der Waals surface area contributed by atoms with Crippen LogP contribution in [-0.4, -0.2) is 76.3 Å². The Morgan fingerprint density at radius 1 is 1.09 bits per heavy atom. The SMILES string of the molecule is CN1CCN(Cc2nc3cc(NC(=O)C[C@@H]4NC(=O)c5ccccc5NC4=O)ccc3n2C)CC1. The van der Waals surface area contributed by atoms with Crippen molar-refractivity contribution in [2.45, 2.75) is 19.0 Å². The van der Waals surface area contributed by atoms with E-state index in [-0.39, 0.29) is 18.2 Å². The summed E-state index contributed by atoms with van der Waals surface area (Å²) in [6, 6.07) is 11.4. The molecule has 0 radical (unpaired) electrons. The van der Waals surface area contributed by atoms with Gasteiger partial charge in [-0.15, -0.1) is 0 Å². The van der Waals surface area contributed by atoms with Gasteiger partial charge in [-0.3, -0.25) is 19.3 Å². The predicted molar refractivity (Wildman–Crippen MR) is 133 cm³/mol. The van der Waals surface area contributed by atoms with Crippen LogP contribution in [0.5, 0.6) is 0 Å². The summed E-state index contributed by atoms with van der Waals surface area (Å²) in [5.41, 5.74) is 3.18. The number of hydrogen-bond acceptors (Lipinski definition) is 6. The van der Waals surface area contributed by atoms with Crippen LogP contribution in [0.3, 0.4) is 0 Å². The minimum absolute atomic E-state index is 0.180. The number of carbonyl (C=O) groups is 3. The van der Waals surface area contributed by atoms with Crippen molar-refractivity contribution in [2.75, 3.05) is 43.9 Å². The van der Waals surface area contributed by atoms with Crippen LogP contribution in [0, 0.1) is 0 Å². The molecule has 3 amide bonds.